The van der Waals surface area contributed by atoms with Crippen molar-refractivity contribution in [1.29, 1.82) is 0 Å². The van der Waals surface area contributed by atoms with Crippen molar-refractivity contribution >= 4 is 28.5 Å². The maximum Gasteiger partial charge on any atom is 0.224 e. The van der Waals surface area contributed by atoms with E-state index >= 15 is 0 Å². The minimum atomic E-state index is 0.567. The molecule has 1 aromatic carbocycles. The maximum atomic E-state index is 4.50. The van der Waals surface area contributed by atoms with Gasteiger partial charge in [-0.1, -0.05) is 12.1 Å². The average molecular weight is 346 g/mol. The summed E-state index contributed by atoms with van der Waals surface area (Å²) < 4.78 is 0. The summed E-state index contributed by atoms with van der Waals surface area (Å²) in [6.07, 6.45) is 6.03. The molecule has 0 aliphatic heterocycles. The van der Waals surface area contributed by atoms with Gasteiger partial charge >= 0.3 is 0 Å². The van der Waals surface area contributed by atoms with Crippen LogP contribution < -0.4 is 10.6 Å². The number of hydrogen-bond acceptors (Lipinski definition) is 6. The van der Waals surface area contributed by atoms with E-state index in [9.17, 15) is 0 Å². The van der Waals surface area contributed by atoms with Crippen molar-refractivity contribution in [3.05, 3.63) is 54.0 Å². The highest BCUT2D eigenvalue weighted by molar-refractivity contribution is 5.78. The molecular formula is C18H18N8. The van der Waals surface area contributed by atoms with Crippen LogP contribution in [0.5, 0.6) is 0 Å². The molecule has 1 aliphatic rings. The summed E-state index contributed by atoms with van der Waals surface area (Å²) in [6, 6.07) is 10.1. The van der Waals surface area contributed by atoms with E-state index < -0.39 is 0 Å². The van der Waals surface area contributed by atoms with Crippen LogP contribution in [0.3, 0.4) is 0 Å². The van der Waals surface area contributed by atoms with Gasteiger partial charge in [-0.3, -0.25) is 10.2 Å². The fourth-order valence-electron chi connectivity index (χ4n) is 2.92. The lowest BCUT2D eigenvalue weighted by Crippen LogP contribution is -2.05. The van der Waals surface area contributed by atoms with Crippen molar-refractivity contribution in [1.82, 2.24) is 30.4 Å². The van der Waals surface area contributed by atoms with Gasteiger partial charge in [-0.25, -0.2) is 4.98 Å². The van der Waals surface area contributed by atoms with Crippen LogP contribution in [0, 0.1) is 0 Å². The molecule has 0 unspecified atom stereocenters. The van der Waals surface area contributed by atoms with Gasteiger partial charge in [0.15, 0.2) is 5.82 Å². The van der Waals surface area contributed by atoms with Gasteiger partial charge in [0.25, 0.3) is 0 Å². The van der Waals surface area contributed by atoms with Crippen molar-refractivity contribution in [3.8, 4) is 0 Å². The Morgan fingerprint density at radius 1 is 1.08 bits per heavy atom. The molecule has 3 heterocycles. The van der Waals surface area contributed by atoms with Crippen LogP contribution >= 0.6 is 0 Å². The first-order chi connectivity index (χ1) is 12.8. The molecular weight excluding hydrogens is 328 g/mol. The summed E-state index contributed by atoms with van der Waals surface area (Å²) >= 11 is 0. The first kappa shape index (κ1) is 14.9. The van der Waals surface area contributed by atoms with E-state index in [1.54, 1.807) is 6.20 Å². The highest BCUT2D eigenvalue weighted by Gasteiger charge is 2.25. The molecule has 4 N–H and O–H groups in total. The number of nitrogens with zero attached hydrogens (tertiary/aromatic N) is 4. The monoisotopic (exact) mass is 346 g/mol. The van der Waals surface area contributed by atoms with Crippen molar-refractivity contribution < 1.29 is 0 Å². The topological polar surface area (TPSA) is 107 Å². The van der Waals surface area contributed by atoms with E-state index in [1.807, 2.05) is 24.4 Å². The van der Waals surface area contributed by atoms with E-state index in [-0.39, 0.29) is 0 Å². The lowest BCUT2D eigenvalue weighted by atomic mass is 10.2. The standard InChI is InChI=1S/C18H18N8/c1-2-13-10-21-24-14(13)7-11(1)9-20-18-19-6-5-16(23-18)22-17-8-15(25-26-17)12-3-4-12/h1-2,5-8,10,12H,3-4,9H2,(H,21,24)(H3,19,20,22,23,25,26). The smallest absolute Gasteiger partial charge is 0.224 e. The number of anilines is 3. The normalized spacial score (nSPS) is 13.8. The molecule has 0 spiro atoms. The average Bonchev–Trinajstić information content (AvgIpc) is 3.23. The Morgan fingerprint density at radius 2 is 2.04 bits per heavy atom. The molecule has 8 heteroatoms. The molecule has 1 fully saturated rings. The third kappa shape index (κ3) is 3.08. The van der Waals surface area contributed by atoms with Crippen LogP contribution in [0.4, 0.5) is 17.6 Å². The van der Waals surface area contributed by atoms with Gasteiger partial charge in [-0.05, 0) is 30.5 Å². The van der Waals surface area contributed by atoms with E-state index in [2.05, 4.69) is 53.1 Å². The predicted molar refractivity (Wildman–Crippen MR) is 99.3 cm³/mol. The van der Waals surface area contributed by atoms with E-state index in [1.165, 1.54) is 18.5 Å². The molecule has 0 bridgehead atoms. The van der Waals surface area contributed by atoms with E-state index in [0.29, 0.717) is 24.2 Å². The summed E-state index contributed by atoms with van der Waals surface area (Å²) in [5, 5.41) is 22.0. The summed E-state index contributed by atoms with van der Waals surface area (Å²) in [4.78, 5) is 8.78. The Hall–Kier alpha value is -3.42. The molecule has 1 saturated carbocycles. The molecule has 3 aromatic heterocycles. The second-order valence-corrected chi connectivity index (χ2v) is 6.52. The molecule has 1 aliphatic carbocycles. The van der Waals surface area contributed by atoms with E-state index in [4.69, 9.17) is 0 Å². The number of aromatic nitrogens is 6. The fourth-order valence-corrected chi connectivity index (χ4v) is 2.92. The summed E-state index contributed by atoms with van der Waals surface area (Å²) in [6.45, 7) is 0.632. The zero-order chi connectivity index (χ0) is 17.3. The number of fused-ring (bicyclic) bond motifs is 1. The Bertz CT molecular complexity index is 1050. The molecule has 4 aromatic rings. The molecule has 0 amide bonds. The summed E-state index contributed by atoms with van der Waals surface area (Å²) in [5.74, 6) is 2.70. The molecule has 0 saturated heterocycles. The second-order valence-electron chi connectivity index (χ2n) is 6.52. The number of nitrogens with one attached hydrogen (secondary N) is 4. The Balaban J connectivity index is 1.26. The lowest BCUT2D eigenvalue weighted by molar-refractivity contribution is 0.966. The van der Waals surface area contributed by atoms with Crippen LogP contribution in [0.1, 0.15) is 30.0 Å². The summed E-state index contributed by atoms with van der Waals surface area (Å²) in [7, 11) is 0. The molecule has 130 valence electrons. The highest BCUT2D eigenvalue weighted by Crippen LogP contribution is 2.39. The van der Waals surface area contributed by atoms with Gasteiger partial charge in [0, 0.05) is 35.8 Å². The molecule has 26 heavy (non-hydrogen) atoms. The van der Waals surface area contributed by atoms with Crippen LogP contribution in [0.15, 0.2) is 42.7 Å². The number of H-pyrrole nitrogens is 2. The second kappa shape index (κ2) is 6.14. The van der Waals surface area contributed by atoms with Crippen LogP contribution in [0.2, 0.25) is 0 Å². The van der Waals surface area contributed by atoms with Gasteiger partial charge in [0.1, 0.15) is 5.82 Å². The third-order valence-electron chi connectivity index (χ3n) is 4.48. The van der Waals surface area contributed by atoms with Crippen molar-refractivity contribution in [2.24, 2.45) is 0 Å². The van der Waals surface area contributed by atoms with Crippen molar-refractivity contribution in [2.75, 3.05) is 10.6 Å². The largest absolute Gasteiger partial charge is 0.350 e. The number of benzene rings is 1. The van der Waals surface area contributed by atoms with Gasteiger partial charge in [0.2, 0.25) is 5.95 Å². The minimum absolute atomic E-state index is 0.567. The van der Waals surface area contributed by atoms with Crippen molar-refractivity contribution in [2.45, 2.75) is 25.3 Å². The Labute approximate surface area is 149 Å². The zero-order valence-corrected chi connectivity index (χ0v) is 14.0. The summed E-state index contributed by atoms with van der Waals surface area (Å²) in [5.41, 5.74) is 3.34. The molecule has 0 atom stereocenters. The minimum Gasteiger partial charge on any atom is -0.350 e. The molecule has 0 radical (unpaired) electrons. The quantitative estimate of drug-likeness (QED) is 0.427. The van der Waals surface area contributed by atoms with E-state index in [0.717, 1.165) is 22.3 Å². The highest BCUT2D eigenvalue weighted by atomic mass is 15.2. The Morgan fingerprint density at radius 3 is 2.96 bits per heavy atom. The fraction of sp³-hybridized carbons (Fsp3) is 0.222. The van der Waals surface area contributed by atoms with Gasteiger partial charge in [0.05, 0.1) is 11.7 Å². The van der Waals surface area contributed by atoms with Gasteiger partial charge < -0.3 is 10.6 Å². The van der Waals surface area contributed by atoms with Crippen LogP contribution in [-0.4, -0.2) is 30.4 Å². The first-order valence-electron chi connectivity index (χ1n) is 8.65. The predicted octanol–water partition coefficient (Wildman–Crippen LogP) is 3.31. The Kier molecular flexibility index (Phi) is 3.52. The van der Waals surface area contributed by atoms with Gasteiger partial charge in [-0.2, -0.15) is 15.2 Å². The number of rotatable bonds is 6. The number of aromatic amines is 2. The lowest BCUT2D eigenvalue weighted by Gasteiger charge is -2.07. The van der Waals surface area contributed by atoms with Crippen LogP contribution in [-0.2, 0) is 6.54 Å². The molecule has 5 rings (SSSR count). The maximum absolute atomic E-state index is 4.50. The third-order valence-corrected chi connectivity index (χ3v) is 4.48. The molecule has 8 nitrogen and oxygen atoms in total. The van der Waals surface area contributed by atoms with Gasteiger partial charge in [-0.15, -0.1) is 0 Å². The van der Waals surface area contributed by atoms with Crippen LogP contribution in [0.25, 0.3) is 10.9 Å². The first-order valence-corrected chi connectivity index (χ1v) is 8.65. The zero-order valence-electron chi connectivity index (χ0n) is 14.0. The number of hydrogen-bond donors (Lipinski definition) is 4. The van der Waals surface area contributed by atoms with Crippen molar-refractivity contribution in [3.63, 3.8) is 0 Å². The SMILES string of the molecule is c1cc(Nc2cc(C3CC3)[nH]n2)nc(NCc2ccc3cn[nH]c3c2)n1.